The minimum atomic E-state index is -0.664. The summed E-state index contributed by atoms with van der Waals surface area (Å²) in [7, 11) is 0. The van der Waals surface area contributed by atoms with E-state index in [1.54, 1.807) is 36.4 Å². The maximum Gasteiger partial charge on any atom is 0.337 e. The zero-order valence-corrected chi connectivity index (χ0v) is 26.4. The minimum absolute atomic E-state index is 0.0254. The molecule has 2 N–H and O–H groups in total. The first kappa shape index (κ1) is 31.9. The third kappa shape index (κ3) is 6.53. The van der Waals surface area contributed by atoms with Crippen LogP contribution < -0.4 is 16.6 Å². The maximum absolute atomic E-state index is 14.5. The van der Waals surface area contributed by atoms with Crippen LogP contribution in [-0.2, 0) is 17.8 Å². The van der Waals surface area contributed by atoms with Gasteiger partial charge < -0.3 is 15.2 Å². The molecule has 1 aliphatic carbocycles. The first-order chi connectivity index (χ1) is 23.4. The van der Waals surface area contributed by atoms with E-state index < -0.39 is 23.1 Å². The molecule has 0 bridgehead atoms. The van der Waals surface area contributed by atoms with Crippen LogP contribution in [-0.4, -0.2) is 56.5 Å². The number of phenols is 1. The summed E-state index contributed by atoms with van der Waals surface area (Å²) in [4.78, 5) is 34.6. The molecule has 0 atom stereocenters. The van der Waals surface area contributed by atoms with Gasteiger partial charge in [-0.2, -0.15) is 0 Å². The van der Waals surface area contributed by atoms with Crippen molar-refractivity contribution in [3.05, 3.63) is 123 Å². The summed E-state index contributed by atoms with van der Waals surface area (Å²) >= 11 is 0. The highest BCUT2D eigenvalue weighted by Gasteiger charge is 2.27. The van der Waals surface area contributed by atoms with Crippen LogP contribution in [0.15, 0.2) is 88.6 Å². The Labute approximate surface area is 276 Å². The van der Waals surface area contributed by atoms with E-state index >= 15 is 0 Å². The van der Waals surface area contributed by atoms with Gasteiger partial charge in [-0.25, -0.2) is 23.1 Å². The Morgan fingerprint density at radius 1 is 0.896 bits per heavy atom. The van der Waals surface area contributed by atoms with Gasteiger partial charge in [0.15, 0.2) is 5.65 Å². The molecular weight excluding hydrogens is 616 g/mol. The molecule has 5 aromatic rings. The summed E-state index contributed by atoms with van der Waals surface area (Å²) < 4.78 is 36.8. The van der Waals surface area contributed by atoms with Crippen molar-refractivity contribution < 1.29 is 18.6 Å². The number of nitrogens with one attached hydrogen (secondary N) is 1. The first-order valence-corrected chi connectivity index (χ1v) is 16.4. The third-order valence-electron chi connectivity index (χ3n) is 9.49. The molecule has 0 radical (unpaired) electrons. The molecule has 11 heteroatoms. The number of fused-ring (bicyclic) bond motifs is 1. The average molecular weight is 654 g/mol. The number of morpholine rings is 1. The number of ether oxygens (including phenoxy) is 1. The van der Waals surface area contributed by atoms with E-state index in [4.69, 9.17) is 4.74 Å². The number of benzene rings is 3. The zero-order valence-electron chi connectivity index (χ0n) is 26.4. The van der Waals surface area contributed by atoms with Crippen molar-refractivity contribution in [2.45, 2.75) is 50.9 Å². The average Bonchev–Trinajstić information content (AvgIpc) is 3.09. The van der Waals surface area contributed by atoms with E-state index in [9.17, 15) is 23.5 Å². The topological polar surface area (TPSA) is 102 Å². The molecule has 1 aliphatic heterocycles. The van der Waals surface area contributed by atoms with Gasteiger partial charge >= 0.3 is 5.69 Å². The smallest absolute Gasteiger partial charge is 0.337 e. The van der Waals surface area contributed by atoms with E-state index in [2.05, 4.69) is 15.2 Å². The fourth-order valence-corrected chi connectivity index (χ4v) is 6.98. The summed E-state index contributed by atoms with van der Waals surface area (Å²) in [6, 6.07) is 20.2. The summed E-state index contributed by atoms with van der Waals surface area (Å²) in [5, 5.41) is 13.8. The van der Waals surface area contributed by atoms with Crippen LogP contribution in [0.1, 0.15) is 42.9 Å². The Balaban J connectivity index is 1.23. The summed E-state index contributed by atoms with van der Waals surface area (Å²) in [5.41, 5.74) is 2.70. The molecule has 2 fully saturated rings. The van der Waals surface area contributed by atoms with E-state index in [-0.39, 0.29) is 28.6 Å². The quantitative estimate of drug-likeness (QED) is 0.234. The lowest BCUT2D eigenvalue weighted by Gasteiger charge is -2.30. The lowest BCUT2D eigenvalue weighted by molar-refractivity contribution is 0.0342. The Kier molecular flexibility index (Phi) is 9.16. The van der Waals surface area contributed by atoms with Crippen molar-refractivity contribution in [1.82, 2.24) is 24.3 Å². The lowest BCUT2D eigenvalue weighted by Crippen LogP contribution is -2.44. The van der Waals surface area contributed by atoms with Gasteiger partial charge in [0, 0.05) is 43.8 Å². The molecule has 0 unspecified atom stereocenters. The zero-order chi connectivity index (χ0) is 33.2. The molecular formula is C37H37F2N5O4. The molecule has 3 aromatic carbocycles. The van der Waals surface area contributed by atoms with E-state index in [1.807, 2.05) is 24.3 Å². The van der Waals surface area contributed by atoms with Gasteiger partial charge in [-0.1, -0.05) is 36.4 Å². The van der Waals surface area contributed by atoms with Crippen LogP contribution in [0.3, 0.4) is 0 Å². The molecule has 0 spiro atoms. The predicted octanol–water partition coefficient (Wildman–Crippen LogP) is 5.30. The monoisotopic (exact) mass is 653 g/mol. The summed E-state index contributed by atoms with van der Waals surface area (Å²) in [6.07, 6.45) is 3.49. The molecule has 9 nitrogen and oxygen atoms in total. The normalized spacial score (nSPS) is 18.7. The van der Waals surface area contributed by atoms with Crippen molar-refractivity contribution >= 4 is 11.0 Å². The number of aromatic hydroxyl groups is 1. The third-order valence-corrected chi connectivity index (χ3v) is 9.49. The Morgan fingerprint density at radius 2 is 1.69 bits per heavy atom. The number of rotatable bonds is 8. The highest BCUT2D eigenvalue weighted by atomic mass is 19.1. The van der Waals surface area contributed by atoms with Gasteiger partial charge in [0.25, 0.3) is 5.56 Å². The van der Waals surface area contributed by atoms with Gasteiger partial charge in [0.1, 0.15) is 17.4 Å². The van der Waals surface area contributed by atoms with Gasteiger partial charge in [-0.3, -0.25) is 14.3 Å². The molecule has 1 saturated heterocycles. The van der Waals surface area contributed by atoms with Gasteiger partial charge in [-0.05, 0) is 78.8 Å². The van der Waals surface area contributed by atoms with E-state index in [0.717, 1.165) is 42.0 Å². The lowest BCUT2D eigenvalue weighted by atomic mass is 9.90. The molecule has 2 aromatic heterocycles. The van der Waals surface area contributed by atoms with Crippen LogP contribution >= 0.6 is 0 Å². The first-order valence-electron chi connectivity index (χ1n) is 16.4. The van der Waals surface area contributed by atoms with Crippen molar-refractivity contribution in [3.8, 4) is 22.6 Å². The molecule has 1 saturated carbocycles. The number of hydrogen-bond acceptors (Lipinski definition) is 7. The Bertz CT molecular complexity index is 2070. The van der Waals surface area contributed by atoms with Crippen LogP contribution in [0.4, 0.5) is 8.78 Å². The van der Waals surface area contributed by atoms with Crippen LogP contribution in [0.2, 0.25) is 0 Å². The highest BCUT2D eigenvalue weighted by Crippen LogP contribution is 2.31. The number of hydrogen-bond donors (Lipinski definition) is 2. The number of nitrogens with zero attached hydrogens (tertiary/aromatic N) is 4. The highest BCUT2D eigenvalue weighted by molar-refractivity contribution is 5.77. The fourth-order valence-electron chi connectivity index (χ4n) is 6.98. The number of pyridine rings is 1. The van der Waals surface area contributed by atoms with Crippen molar-refractivity contribution in [1.29, 1.82) is 0 Å². The second-order valence-electron chi connectivity index (χ2n) is 12.6. The number of aromatic nitrogens is 3. The SMILES string of the molecule is O=c1c2cc(F)cnc2n(-c2cccc(-c3ccc(O)cc3CN3CCOCC3)c2)c(=O)n1[C@H]1CC[C@@H](NCc2ccccc2F)CC1. The van der Waals surface area contributed by atoms with Crippen LogP contribution in [0.5, 0.6) is 5.75 Å². The number of phenolic OH excluding ortho intramolecular Hbond substituents is 1. The summed E-state index contributed by atoms with van der Waals surface area (Å²) in [5.74, 6) is -0.760. The Morgan fingerprint density at radius 3 is 2.48 bits per heavy atom. The maximum atomic E-state index is 14.5. The molecule has 7 rings (SSSR count). The van der Waals surface area contributed by atoms with Gasteiger partial charge in [0.05, 0.1) is 30.5 Å². The van der Waals surface area contributed by atoms with E-state index in [1.165, 1.54) is 15.2 Å². The molecule has 3 heterocycles. The minimum Gasteiger partial charge on any atom is -0.508 e. The van der Waals surface area contributed by atoms with Gasteiger partial charge in [-0.15, -0.1) is 0 Å². The van der Waals surface area contributed by atoms with Gasteiger partial charge in [0.2, 0.25) is 0 Å². The summed E-state index contributed by atoms with van der Waals surface area (Å²) in [6.45, 7) is 3.86. The number of halogens is 2. The molecule has 2 aliphatic rings. The van der Waals surface area contributed by atoms with Crippen molar-refractivity contribution in [2.75, 3.05) is 26.3 Å². The predicted molar refractivity (Wildman–Crippen MR) is 179 cm³/mol. The largest absolute Gasteiger partial charge is 0.508 e. The molecule has 248 valence electrons. The fraction of sp³-hybridized carbons (Fsp3) is 0.324. The second-order valence-corrected chi connectivity index (χ2v) is 12.6. The standard InChI is InChI=1S/C37H37F2N5O4/c38-27-20-33-35(41-22-27)43(30-6-3-5-24(18-30)32-13-12-31(45)19-26(32)23-42-14-16-48-17-15-42)37(47)44(36(33)46)29-10-8-28(9-11-29)40-21-25-4-1-2-7-34(25)39/h1-7,12-13,18-20,22,28-29,40,45H,8-11,14-17,21,23H2/t28-,29+. The van der Waals surface area contributed by atoms with Crippen molar-refractivity contribution in [2.24, 2.45) is 0 Å². The molecule has 0 amide bonds. The van der Waals surface area contributed by atoms with E-state index in [0.29, 0.717) is 63.2 Å². The second kappa shape index (κ2) is 13.8. The van der Waals surface area contributed by atoms with Crippen LogP contribution in [0.25, 0.3) is 27.8 Å². The van der Waals surface area contributed by atoms with Crippen LogP contribution in [0, 0.1) is 11.6 Å². The Hall–Kier alpha value is -4.71. The van der Waals surface area contributed by atoms with Crippen molar-refractivity contribution in [3.63, 3.8) is 0 Å². The molecule has 48 heavy (non-hydrogen) atoms.